The number of fused-ring (bicyclic) bond motifs is 1. The number of aryl methyl sites for hydroxylation is 1. The number of anilines is 2. The van der Waals surface area contributed by atoms with Crippen molar-refractivity contribution in [1.29, 1.82) is 0 Å². The Morgan fingerprint density at radius 2 is 1.90 bits per heavy atom. The Hall–Kier alpha value is -3.45. The summed E-state index contributed by atoms with van der Waals surface area (Å²) in [5, 5.41) is 14.2. The van der Waals surface area contributed by atoms with Crippen LogP contribution in [-0.2, 0) is 16.0 Å². The molecule has 0 aliphatic rings. The monoisotopic (exact) mass is 393 g/mol. The van der Waals surface area contributed by atoms with Crippen molar-refractivity contribution in [3.05, 3.63) is 66.5 Å². The maximum Gasteiger partial charge on any atom is 0.326 e. The number of nitrogens with zero attached hydrogens (tertiary/aromatic N) is 2. The summed E-state index contributed by atoms with van der Waals surface area (Å²) >= 11 is 0. The van der Waals surface area contributed by atoms with Crippen molar-refractivity contribution >= 4 is 34.1 Å². The zero-order chi connectivity index (χ0) is 20.6. The second kappa shape index (κ2) is 9.66. The third-order valence-corrected chi connectivity index (χ3v) is 4.55. The molecule has 1 aromatic heterocycles. The van der Waals surface area contributed by atoms with Crippen molar-refractivity contribution < 1.29 is 19.4 Å². The van der Waals surface area contributed by atoms with Gasteiger partial charge in [0.1, 0.15) is 0 Å². The lowest BCUT2D eigenvalue weighted by molar-refractivity contribution is -0.140. The molecule has 0 aliphatic heterocycles. The summed E-state index contributed by atoms with van der Waals surface area (Å²) in [7, 11) is 1.36. The van der Waals surface area contributed by atoms with Crippen molar-refractivity contribution in [2.24, 2.45) is 0 Å². The number of aliphatic hydroxyl groups excluding tert-OH is 1. The zero-order valence-corrected chi connectivity index (χ0v) is 16.2. The van der Waals surface area contributed by atoms with Crippen LogP contribution in [0.1, 0.15) is 12.0 Å². The zero-order valence-electron chi connectivity index (χ0n) is 16.2. The molecule has 0 spiro atoms. The molecule has 150 valence electrons. The Balaban J connectivity index is 1.72. The number of methoxy groups -OCH3 is 1. The molecule has 0 bridgehead atoms. The van der Waals surface area contributed by atoms with Crippen LogP contribution in [0.5, 0.6) is 0 Å². The van der Waals surface area contributed by atoms with Gasteiger partial charge in [-0.1, -0.05) is 18.2 Å². The highest BCUT2D eigenvalue weighted by atomic mass is 16.5. The van der Waals surface area contributed by atoms with Gasteiger partial charge in [0, 0.05) is 35.6 Å². The number of ether oxygens (including phenoxy) is 1. The first-order chi connectivity index (χ1) is 14.1. The smallest absolute Gasteiger partial charge is 0.326 e. The molecular weight excluding hydrogens is 370 g/mol. The topological polar surface area (TPSA) is 91.8 Å². The predicted molar refractivity (Wildman–Crippen MR) is 112 cm³/mol. The van der Waals surface area contributed by atoms with Crippen molar-refractivity contribution in [3.8, 4) is 0 Å². The SMILES string of the molecule is COC(=O)CCc1ccc(N(CCO)C(=O)Nc2ccc3cnccc3c2)cc1. The number of aromatic nitrogens is 1. The Morgan fingerprint density at radius 1 is 1.10 bits per heavy atom. The summed E-state index contributed by atoms with van der Waals surface area (Å²) in [6, 6.07) is 14.4. The van der Waals surface area contributed by atoms with E-state index < -0.39 is 0 Å². The molecule has 0 saturated heterocycles. The summed E-state index contributed by atoms with van der Waals surface area (Å²) in [6.45, 7) is -0.00819. The molecule has 1 heterocycles. The fraction of sp³-hybridized carbons (Fsp3) is 0.227. The summed E-state index contributed by atoms with van der Waals surface area (Å²) in [6.07, 6.45) is 4.33. The number of nitrogens with one attached hydrogen (secondary N) is 1. The number of benzene rings is 2. The van der Waals surface area contributed by atoms with Gasteiger partial charge in [0.05, 0.1) is 20.3 Å². The number of hydrogen-bond donors (Lipinski definition) is 2. The number of hydrogen-bond acceptors (Lipinski definition) is 5. The Kier molecular flexibility index (Phi) is 6.76. The quantitative estimate of drug-likeness (QED) is 0.601. The molecule has 29 heavy (non-hydrogen) atoms. The number of esters is 1. The highest BCUT2D eigenvalue weighted by Gasteiger charge is 2.16. The van der Waals surface area contributed by atoms with Crippen LogP contribution in [0.25, 0.3) is 10.8 Å². The molecule has 2 amide bonds. The highest BCUT2D eigenvalue weighted by molar-refractivity contribution is 6.02. The lowest BCUT2D eigenvalue weighted by atomic mass is 10.1. The van der Waals surface area contributed by atoms with Crippen molar-refractivity contribution in [3.63, 3.8) is 0 Å². The van der Waals surface area contributed by atoms with Crippen LogP contribution in [0.4, 0.5) is 16.2 Å². The van der Waals surface area contributed by atoms with Gasteiger partial charge < -0.3 is 15.2 Å². The van der Waals surface area contributed by atoms with Gasteiger partial charge in [-0.15, -0.1) is 0 Å². The molecule has 7 nitrogen and oxygen atoms in total. The number of carbonyl (C=O) groups is 2. The summed E-state index contributed by atoms with van der Waals surface area (Å²) in [5.41, 5.74) is 2.28. The molecule has 0 saturated carbocycles. The van der Waals surface area contributed by atoms with Crippen LogP contribution in [0.2, 0.25) is 0 Å². The van der Waals surface area contributed by atoms with E-state index in [-0.39, 0.29) is 25.2 Å². The van der Waals surface area contributed by atoms with Gasteiger partial charge in [-0.25, -0.2) is 4.79 Å². The largest absolute Gasteiger partial charge is 0.469 e. The molecule has 0 aliphatic carbocycles. The molecule has 2 N–H and O–H groups in total. The van der Waals surface area contributed by atoms with Crippen LogP contribution in [0.15, 0.2) is 60.9 Å². The lowest BCUT2D eigenvalue weighted by Crippen LogP contribution is -2.37. The minimum Gasteiger partial charge on any atom is -0.469 e. The van der Waals surface area contributed by atoms with E-state index in [1.807, 2.05) is 36.4 Å². The first-order valence-corrected chi connectivity index (χ1v) is 9.29. The summed E-state index contributed by atoms with van der Waals surface area (Å²) in [5.74, 6) is -0.262. The molecular formula is C22H23N3O4. The van der Waals surface area contributed by atoms with Crippen molar-refractivity contribution in [2.75, 3.05) is 30.5 Å². The van der Waals surface area contributed by atoms with Crippen LogP contribution in [0.3, 0.4) is 0 Å². The van der Waals surface area contributed by atoms with E-state index in [0.29, 0.717) is 24.2 Å². The third-order valence-electron chi connectivity index (χ3n) is 4.55. The molecule has 3 rings (SSSR count). The minimum absolute atomic E-state index is 0.158. The maximum atomic E-state index is 12.8. The van der Waals surface area contributed by atoms with Gasteiger partial charge >= 0.3 is 12.0 Å². The number of urea groups is 1. The van der Waals surface area contributed by atoms with E-state index in [4.69, 9.17) is 0 Å². The van der Waals surface area contributed by atoms with E-state index in [0.717, 1.165) is 16.3 Å². The van der Waals surface area contributed by atoms with E-state index >= 15 is 0 Å². The molecule has 0 fully saturated rings. The van der Waals surface area contributed by atoms with E-state index in [1.165, 1.54) is 12.0 Å². The average molecular weight is 393 g/mol. The fourth-order valence-electron chi connectivity index (χ4n) is 2.99. The Labute approximate surface area is 168 Å². The lowest BCUT2D eigenvalue weighted by Gasteiger charge is -2.23. The van der Waals surface area contributed by atoms with E-state index in [9.17, 15) is 14.7 Å². The first-order valence-electron chi connectivity index (χ1n) is 9.29. The highest BCUT2D eigenvalue weighted by Crippen LogP contribution is 2.21. The number of aliphatic hydroxyl groups is 1. The molecule has 3 aromatic rings. The van der Waals surface area contributed by atoms with Gasteiger partial charge in [-0.2, -0.15) is 0 Å². The Bertz CT molecular complexity index is 989. The second-order valence-electron chi connectivity index (χ2n) is 6.49. The number of pyridine rings is 1. The van der Waals surface area contributed by atoms with Gasteiger partial charge in [0.25, 0.3) is 0 Å². The van der Waals surface area contributed by atoms with Gasteiger partial charge in [0.2, 0.25) is 0 Å². The molecule has 0 unspecified atom stereocenters. The first kappa shape index (κ1) is 20.3. The molecule has 2 aromatic carbocycles. The second-order valence-corrected chi connectivity index (χ2v) is 6.49. The normalized spacial score (nSPS) is 10.6. The molecule has 0 radical (unpaired) electrons. The number of rotatable bonds is 7. The minimum atomic E-state index is -0.338. The van der Waals surface area contributed by atoms with Crippen molar-refractivity contribution in [2.45, 2.75) is 12.8 Å². The van der Waals surface area contributed by atoms with Crippen LogP contribution < -0.4 is 10.2 Å². The fourth-order valence-corrected chi connectivity index (χ4v) is 2.99. The summed E-state index contributed by atoms with van der Waals surface area (Å²) < 4.78 is 4.65. The Morgan fingerprint density at radius 3 is 2.62 bits per heavy atom. The van der Waals surface area contributed by atoms with E-state index in [2.05, 4.69) is 15.0 Å². The van der Waals surface area contributed by atoms with Gasteiger partial charge in [-0.05, 0) is 47.7 Å². The van der Waals surface area contributed by atoms with Crippen LogP contribution in [-0.4, -0.2) is 42.4 Å². The maximum absolute atomic E-state index is 12.8. The molecule has 0 atom stereocenters. The van der Waals surface area contributed by atoms with Gasteiger partial charge in [0.15, 0.2) is 0 Å². The van der Waals surface area contributed by atoms with E-state index in [1.54, 1.807) is 24.5 Å². The number of amides is 2. The summed E-state index contributed by atoms with van der Waals surface area (Å²) in [4.78, 5) is 29.6. The molecule has 7 heteroatoms. The average Bonchev–Trinajstić information content (AvgIpc) is 2.76. The predicted octanol–water partition coefficient (Wildman–Crippen LogP) is 3.37. The van der Waals surface area contributed by atoms with Crippen LogP contribution in [0, 0.1) is 0 Å². The van der Waals surface area contributed by atoms with Crippen LogP contribution >= 0.6 is 0 Å². The standard InChI is InChI=1S/C22H23N3O4/c1-29-21(27)9-4-16-2-7-20(8-3-16)25(12-13-26)22(28)24-19-6-5-18-15-23-11-10-17(18)14-19/h2-3,5-8,10-11,14-15,26H,4,9,12-13H2,1H3,(H,24,28). The van der Waals surface area contributed by atoms with Gasteiger partial charge in [-0.3, -0.25) is 14.7 Å². The van der Waals surface area contributed by atoms with Crippen molar-refractivity contribution in [1.82, 2.24) is 4.98 Å². The number of carbonyl (C=O) groups excluding carboxylic acids is 2. The third kappa shape index (κ3) is 5.30.